The second-order valence-corrected chi connectivity index (χ2v) is 6.46. The largest absolute Gasteiger partial charge is 0.391 e. The van der Waals surface area contributed by atoms with Gasteiger partial charge in [0.2, 0.25) is 0 Å². The molecule has 3 rings (SSSR count). The molecule has 2 aliphatic heterocycles. The number of aromatic nitrogens is 2. The van der Waals surface area contributed by atoms with Gasteiger partial charge in [-0.1, -0.05) is 0 Å². The van der Waals surface area contributed by atoms with E-state index in [0.29, 0.717) is 12.6 Å². The molecule has 0 spiro atoms. The van der Waals surface area contributed by atoms with Gasteiger partial charge in [0.25, 0.3) is 0 Å². The van der Waals surface area contributed by atoms with Crippen molar-refractivity contribution in [2.24, 2.45) is 0 Å². The number of hydrogen-bond acceptors (Lipinski definition) is 7. The van der Waals surface area contributed by atoms with Crippen molar-refractivity contribution in [2.45, 2.75) is 24.7 Å². The number of anilines is 2. The minimum Gasteiger partial charge on any atom is -0.391 e. The highest BCUT2D eigenvalue weighted by atomic mass is 16.5. The van der Waals surface area contributed by atoms with Crippen LogP contribution >= 0.6 is 0 Å². The molecule has 0 aliphatic carbocycles. The first-order valence-electron chi connectivity index (χ1n) is 7.76. The van der Waals surface area contributed by atoms with Gasteiger partial charge < -0.3 is 24.5 Å². The van der Waals surface area contributed by atoms with Gasteiger partial charge in [-0.3, -0.25) is 0 Å². The summed E-state index contributed by atoms with van der Waals surface area (Å²) in [4.78, 5) is 15.3. The number of aliphatic hydroxyl groups excluding tert-OH is 1. The molecule has 22 heavy (non-hydrogen) atoms. The van der Waals surface area contributed by atoms with E-state index in [4.69, 9.17) is 4.74 Å². The van der Waals surface area contributed by atoms with E-state index < -0.39 is 0 Å². The van der Waals surface area contributed by atoms with E-state index >= 15 is 0 Å². The fourth-order valence-corrected chi connectivity index (χ4v) is 3.21. The first kappa shape index (κ1) is 15.5. The van der Waals surface area contributed by atoms with Crippen LogP contribution in [0.15, 0.2) is 12.4 Å². The summed E-state index contributed by atoms with van der Waals surface area (Å²) >= 11 is 0. The van der Waals surface area contributed by atoms with Gasteiger partial charge in [0.05, 0.1) is 12.2 Å². The summed E-state index contributed by atoms with van der Waals surface area (Å²) in [6.45, 7) is 3.29. The van der Waals surface area contributed by atoms with Crippen LogP contribution in [0, 0.1) is 0 Å². The third-order valence-corrected chi connectivity index (χ3v) is 4.41. The van der Waals surface area contributed by atoms with Gasteiger partial charge in [0.15, 0.2) is 0 Å². The summed E-state index contributed by atoms with van der Waals surface area (Å²) in [6, 6.07) is 2.31. The highest BCUT2D eigenvalue weighted by molar-refractivity contribution is 5.53. The van der Waals surface area contributed by atoms with Crippen molar-refractivity contribution in [2.75, 3.05) is 57.2 Å². The third kappa shape index (κ3) is 3.16. The van der Waals surface area contributed by atoms with Crippen LogP contribution in [0.3, 0.4) is 0 Å². The molecule has 2 aliphatic rings. The van der Waals surface area contributed by atoms with E-state index in [-0.39, 0.29) is 12.1 Å². The zero-order chi connectivity index (χ0) is 15.7. The second kappa shape index (κ2) is 6.36. The molecule has 1 aromatic rings. The van der Waals surface area contributed by atoms with Crippen LogP contribution in [0.4, 0.5) is 11.6 Å². The van der Waals surface area contributed by atoms with Crippen LogP contribution < -0.4 is 9.80 Å². The summed E-state index contributed by atoms with van der Waals surface area (Å²) in [5, 5.41) is 10.0. The van der Waals surface area contributed by atoms with Crippen LogP contribution in [0.1, 0.15) is 6.42 Å². The number of likely N-dealkylation sites (N-methyl/N-ethyl adjacent to an activating group) is 1. The number of β-amino-alcohol motifs (C(OH)–C–C–N with tert-alkyl or cyclic N) is 1. The number of rotatable bonds is 5. The van der Waals surface area contributed by atoms with Crippen LogP contribution in [-0.4, -0.2) is 85.6 Å². The monoisotopic (exact) mass is 307 g/mol. The molecule has 2 fully saturated rings. The quantitative estimate of drug-likeness (QED) is 0.809. The fourth-order valence-electron chi connectivity index (χ4n) is 3.21. The molecule has 3 heterocycles. The van der Waals surface area contributed by atoms with Crippen molar-refractivity contribution in [1.82, 2.24) is 14.9 Å². The number of nitrogens with zero attached hydrogens (tertiary/aromatic N) is 5. The van der Waals surface area contributed by atoms with Crippen LogP contribution in [0.25, 0.3) is 0 Å². The van der Waals surface area contributed by atoms with Crippen molar-refractivity contribution < 1.29 is 9.84 Å². The van der Waals surface area contributed by atoms with Gasteiger partial charge in [-0.2, -0.15) is 0 Å². The molecule has 7 heteroatoms. The number of ether oxygens (including phenoxy) is 1. The molecule has 0 bridgehead atoms. The van der Waals surface area contributed by atoms with Crippen molar-refractivity contribution in [1.29, 1.82) is 0 Å². The zero-order valence-corrected chi connectivity index (χ0v) is 13.5. The maximum absolute atomic E-state index is 10.0. The van der Waals surface area contributed by atoms with E-state index in [0.717, 1.165) is 37.7 Å². The van der Waals surface area contributed by atoms with E-state index in [2.05, 4.69) is 38.8 Å². The maximum atomic E-state index is 10.0. The van der Waals surface area contributed by atoms with E-state index in [1.165, 1.54) is 0 Å². The van der Waals surface area contributed by atoms with Crippen molar-refractivity contribution in [3.05, 3.63) is 12.4 Å². The van der Waals surface area contributed by atoms with Crippen LogP contribution in [0.2, 0.25) is 0 Å². The summed E-state index contributed by atoms with van der Waals surface area (Å²) in [7, 11) is 5.85. The first-order chi connectivity index (χ1) is 10.6. The smallest absolute Gasteiger partial charge is 0.134 e. The predicted molar refractivity (Wildman–Crippen MR) is 85.4 cm³/mol. The average molecular weight is 307 g/mol. The molecular weight excluding hydrogens is 282 g/mol. The molecule has 0 saturated carbocycles. The standard InChI is InChI=1S/C15H25N5O2/c1-18(2)6-11-4-12(21)7-20(11)15-5-14(16-10-17-15)19-8-13(9-19)22-3/h5,10-13,21H,4,6-9H2,1-3H3/t11-,12-/m1/s1. The molecule has 0 unspecified atom stereocenters. The first-order valence-corrected chi connectivity index (χ1v) is 7.76. The maximum Gasteiger partial charge on any atom is 0.134 e. The van der Waals surface area contributed by atoms with Crippen LogP contribution in [-0.2, 0) is 4.74 Å². The normalized spacial score (nSPS) is 25.9. The predicted octanol–water partition coefficient (Wildman–Crippen LogP) is -0.187. The Labute approximate surface area is 131 Å². The average Bonchev–Trinajstić information content (AvgIpc) is 2.78. The highest BCUT2D eigenvalue weighted by Gasteiger charge is 2.33. The van der Waals surface area contributed by atoms with Gasteiger partial charge in [-0.25, -0.2) is 9.97 Å². The van der Waals surface area contributed by atoms with Crippen molar-refractivity contribution in [3.63, 3.8) is 0 Å². The van der Waals surface area contributed by atoms with Gasteiger partial charge in [0, 0.05) is 45.4 Å². The Morgan fingerprint density at radius 3 is 2.68 bits per heavy atom. The number of hydrogen-bond donors (Lipinski definition) is 1. The Kier molecular flexibility index (Phi) is 4.46. The Balaban J connectivity index is 1.73. The lowest BCUT2D eigenvalue weighted by molar-refractivity contribution is 0.0783. The number of methoxy groups -OCH3 is 1. The molecule has 122 valence electrons. The SMILES string of the molecule is COC1CN(c2cc(N3C[C@H](O)C[C@@H]3CN(C)C)ncn2)C1. The lowest BCUT2D eigenvalue weighted by atomic mass is 10.1. The van der Waals surface area contributed by atoms with Gasteiger partial charge in [-0.05, 0) is 20.5 Å². The number of aliphatic hydroxyl groups is 1. The minimum atomic E-state index is -0.287. The van der Waals surface area contributed by atoms with E-state index in [1.807, 2.05) is 6.07 Å². The Bertz CT molecular complexity index is 506. The Morgan fingerprint density at radius 2 is 2.00 bits per heavy atom. The molecule has 2 atom stereocenters. The third-order valence-electron chi connectivity index (χ3n) is 4.41. The molecular formula is C15H25N5O2. The summed E-state index contributed by atoms with van der Waals surface area (Å²) in [5.74, 6) is 1.83. The van der Waals surface area contributed by atoms with Gasteiger partial charge in [-0.15, -0.1) is 0 Å². The molecule has 2 saturated heterocycles. The molecule has 0 amide bonds. The summed E-state index contributed by atoms with van der Waals surface area (Å²) < 4.78 is 5.31. The van der Waals surface area contributed by atoms with E-state index in [1.54, 1.807) is 13.4 Å². The molecule has 7 nitrogen and oxygen atoms in total. The van der Waals surface area contributed by atoms with Crippen LogP contribution in [0.5, 0.6) is 0 Å². The zero-order valence-electron chi connectivity index (χ0n) is 13.5. The Morgan fingerprint density at radius 1 is 1.27 bits per heavy atom. The topological polar surface area (TPSA) is 65.0 Å². The molecule has 0 radical (unpaired) electrons. The molecule has 1 N–H and O–H groups in total. The van der Waals surface area contributed by atoms with Gasteiger partial charge in [0.1, 0.15) is 18.0 Å². The second-order valence-electron chi connectivity index (χ2n) is 6.46. The molecule has 0 aromatic carbocycles. The lowest BCUT2D eigenvalue weighted by Gasteiger charge is -2.39. The van der Waals surface area contributed by atoms with Crippen molar-refractivity contribution >= 4 is 11.6 Å². The van der Waals surface area contributed by atoms with Crippen molar-refractivity contribution in [3.8, 4) is 0 Å². The van der Waals surface area contributed by atoms with Gasteiger partial charge >= 0.3 is 0 Å². The Hall–Kier alpha value is -1.44. The minimum absolute atomic E-state index is 0.287. The summed E-state index contributed by atoms with van der Waals surface area (Å²) in [6.07, 6.45) is 2.41. The lowest BCUT2D eigenvalue weighted by Crippen LogP contribution is -2.52. The van der Waals surface area contributed by atoms with E-state index in [9.17, 15) is 5.11 Å². The highest BCUT2D eigenvalue weighted by Crippen LogP contribution is 2.28. The molecule has 1 aromatic heterocycles. The fraction of sp³-hybridized carbons (Fsp3) is 0.733. The summed E-state index contributed by atoms with van der Waals surface area (Å²) in [5.41, 5.74) is 0.